The van der Waals surface area contributed by atoms with E-state index in [0.29, 0.717) is 5.69 Å². The summed E-state index contributed by atoms with van der Waals surface area (Å²) < 4.78 is 50.5. The fraction of sp³-hybridized carbons (Fsp3) is 0.174. The maximum Gasteiger partial charge on any atom is 0.257 e. The van der Waals surface area contributed by atoms with Crippen molar-refractivity contribution < 1.29 is 27.1 Å². The van der Waals surface area contributed by atoms with Gasteiger partial charge in [-0.15, -0.1) is 0 Å². The molecular weight excluding hydrogens is 435 g/mol. The molecule has 3 rings (SSSR count). The third-order valence-electron chi connectivity index (χ3n) is 4.69. The molecule has 0 saturated heterocycles. The molecule has 0 unspecified atom stereocenters. The second-order valence-corrected chi connectivity index (χ2v) is 8.85. The Balaban J connectivity index is 2.12. The summed E-state index contributed by atoms with van der Waals surface area (Å²) in [4.78, 5) is 13.1. The van der Waals surface area contributed by atoms with Crippen LogP contribution in [0.15, 0.2) is 66.7 Å². The molecule has 0 aromatic heterocycles. The van der Waals surface area contributed by atoms with E-state index in [1.807, 2.05) is 6.07 Å². The van der Waals surface area contributed by atoms with Crippen molar-refractivity contribution >= 4 is 27.3 Å². The van der Waals surface area contributed by atoms with Gasteiger partial charge in [0.1, 0.15) is 5.82 Å². The van der Waals surface area contributed by atoms with Gasteiger partial charge in [-0.3, -0.25) is 9.10 Å². The molecule has 9 heteroatoms. The molecule has 3 aromatic rings. The molecule has 0 aliphatic rings. The van der Waals surface area contributed by atoms with Crippen LogP contribution in [0, 0.1) is 5.82 Å². The lowest BCUT2D eigenvalue weighted by Gasteiger charge is -2.26. The molecule has 0 saturated carbocycles. The third-order valence-corrected chi connectivity index (χ3v) is 5.81. The molecule has 1 amide bonds. The Morgan fingerprint density at radius 2 is 1.56 bits per heavy atom. The van der Waals surface area contributed by atoms with Crippen LogP contribution >= 0.6 is 0 Å². The van der Waals surface area contributed by atoms with Crippen LogP contribution < -0.4 is 19.1 Å². The highest BCUT2D eigenvalue weighted by Crippen LogP contribution is 2.37. The zero-order valence-electron chi connectivity index (χ0n) is 17.8. The van der Waals surface area contributed by atoms with E-state index in [1.54, 1.807) is 24.3 Å². The second-order valence-electron chi connectivity index (χ2n) is 6.94. The number of halogens is 1. The van der Waals surface area contributed by atoms with Crippen LogP contribution in [-0.2, 0) is 16.6 Å². The maximum atomic E-state index is 13.2. The minimum Gasteiger partial charge on any atom is -0.493 e. The molecule has 0 radical (unpaired) electrons. The number of sulfonamides is 1. The van der Waals surface area contributed by atoms with Crippen LogP contribution in [-0.4, -0.2) is 34.8 Å². The number of carbonyl (C=O) groups excluding carboxylic acids is 1. The van der Waals surface area contributed by atoms with Crippen molar-refractivity contribution in [1.82, 2.24) is 0 Å². The number of benzene rings is 3. The molecule has 0 aliphatic carbocycles. The standard InChI is InChI=1S/C23H23FN2O5S/c1-30-21-13-19(23(27)25-18-11-9-17(24)10-12-18)20(14-22(21)31-2)26(32(3,28)29)15-16-7-5-4-6-8-16/h4-14H,15H2,1-3H3,(H,25,27). The average molecular weight is 459 g/mol. The van der Waals surface area contributed by atoms with Crippen molar-refractivity contribution in [3.63, 3.8) is 0 Å². The van der Waals surface area contributed by atoms with E-state index in [4.69, 9.17) is 9.47 Å². The lowest BCUT2D eigenvalue weighted by molar-refractivity contribution is 0.102. The molecule has 0 bridgehead atoms. The normalized spacial score (nSPS) is 11.0. The zero-order valence-corrected chi connectivity index (χ0v) is 18.6. The molecule has 1 N–H and O–H groups in total. The minimum absolute atomic E-state index is 0.00594. The first-order chi connectivity index (χ1) is 15.2. The summed E-state index contributed by atoms with van der Waals surface area (Å²) in [6, 6.07) is 17.1. The van der Waals surface area contributed by atoms with E-state index in [1.165, 1.54) is 50.6 Å². The first-order valence-corrected chi connectivity index (χ1v) is 11.4. The Kier molecular flexibility index (Phi) is 6.99. The number of carbonyl (C=O) groups is 1. The molecule has 0 aliphatic heterocycles. The Bertz CT molecular complexity index is 1200. The van der Waals surface area contributed by atoms with Gasteiger partial charge >= 0.3 is 0 Å². The lowest BCUT2D eigenvalue weighted by atomic mass is 10.1. The van der Waals surface area contributed by atoms with E-state index >= 15 is 0 Å². The van der Waals surface area contributed by atoms with Crippen LogP contribution in [0.1, 0.15) is 15.9 Å². The van der Waals surface area contributed by atoms with Crippen molar-refractivity contribution in [3.05, 3.63) is 83.7 Å². The molecule has 0 spiro atoms. The van der Waals surface area contributed by atoms with Gasteiger partial charge in [-0.05, 0) is 35.9 Å². The molecule has 3 aromatic carbocycles. The van der Waals surface area contributed by atoms with Crippen LogP contribution in [0.2, 0.25) is 0 Å². The summed E-state index contributed by atoms with van der Waals surface area (Å²) in [7, 11) is -0.955. The van der Waals surface area contributed by atoms with Gasteiger partial charge in [0, 0.05) is 11.8 Å². The second kappa shape index (κ2) is 9.69. The first-order valence-electron chi connectivity index (χ1n) is 9.57. The van der Waals surface area contributed by atoms with Gasteiger partial charge in [0.25, 0.3) is 5.91 Å². The van der Waals surface area contributed by atoms with E-state index in [-0.39, 0.29) is 29.3 Å². The molecule has 168 valence electrons. The van der Waals surface area contributed by atoms with Crippen molar-refractivity contribution in [2.45, 2.75) is 6.54 Å². The summed E-state index contributed by atoms with van der Waals surface area (Å²) in [5, 5.41) is 2.66. The lowest BCUT2D eigenvalue weighted by Crippen LogP contribution is -2.31. The predicted octanol–water partition coefficient (Wildman–Crippen LogP) is 4.06. The topological polar surface area (TPSA) is 84.9 Å². The Morgan fingerprint density at radius 1 is 0.969 bits per heavy atom. The Hall–Kier alpha value is -3.59. The minimum atomic E-state index is -3.79. The number of nitrogens with zero attached hydrogens (tertiary/aromatic N) is 1. The number of rotatable bonds is 8. The SMILES string of the molecule is COc1cc(C(=O)Nc2ccc(F)cc2)c(N(Cc2ccccc2)S(C)(=O)=O)cc1OC. The highest BCUT2D eigenvalue weighted by molar-refractivity contribution is 7.92. The smallest absolute Gasteiger partial charge is 0.257 e. The van der Waals surface area contributed by atoms with Gasteiger partial charge in [0.05, 0.1) is 38.3 Å². The number of methoxy groups -OCH3 is 2. The molecular formula is C23H23FN2O5S. The average Bonchev–Trinajstić information content (AvgIpc) is 2.78. The number of amides is 1. The molecule has 0 heterocycles. The van der Waals surface area contributed by atoms with Crippen molar-refractivity contribution in [2.24, 2.45) is 0 Å². The first kappa shape index (κ1) is 23.1. The van der Waals surface area contributed by atoms with Gasteiger partial charge in [0.15, 0.2) is 11.5 Å². The summed E-state index contributed by atoms with van der Waals surface area (Å²) in [5.41, 5.74) is 1.26. The quantitative estimate of drug-likeness (QED) is 0.550. The summed E-state index contributed by atoms with van der Waals surface area (Å²) in [6.45, 7) is 0.00594. The van der Waals surface area contributed by atoms with E-state index in [2.05, 4.69) is 5.32 Å². The fourth-order valence-electron chi connectivity index (χ4n) is 3.12. The van der Waals surface area contributed by atoms with Crippen LogP contribution in [0.3, 0.4) is 0 Å². The third kappa shape index (κ3) is 5.36. The summed E-state index contributed by atoms with van der Waals surface area (Å²) >= 11 is 0. The van der Waals surface area contributed by atoms with Gasteiger partial charge in [-0.25, -0.2) is 12.8 Å². The van der Waals surface area contributed by atoms with Gasteiger partial charge in [-0.1, -0.05) is 30.3 Å². The molecule has 32 heavy (non-hydrogen) atoms. The fourth-order valence-corrected chi connectivity index (χ4v) is 4.01. The number of hydrogen-bond donors (Lipinski definition) is 1. The van der Waals surface area contributed by atoms with Crippen molar-refractivity contribution in [1.29, 1.82) is 0 Å². The summed E-state index contributed by atoms with van der Waals surface area (Å²) in [5.74, 6) is -0.508. The van der Waals surface area contributed by atoms with Crippen molar-refractivity contribution in [3.8, 4) is 11.5 Å². The van der Waals surface area contributed by atoms with Gasteiger partial charge < -0.3 is 14.8 Å². The maximum absolute atomic E-state index is 13.2. The van der Waals surface area contributed by atoms with E-state index < -0.39 is 21.7 Å². The number of nitrogens with one attached hydrogen (secondary N) is 1. The number of ether oxygens (including phenoxy) is 2. The summed E-state index contributed by atoms with van der Waals surface area (Å²) in [6.07, 6.45) is 1.06. The Labute approximate surface area is 186 Å². The van der Waals surface area contributed by atoms with E-state index in [0.717, 1.165) is 16.1 Å². The highest BCUT2D eigenvalue weighted by atomic mass is 32.2. The number of hydrogen-bond acceptors (Lipinski definition) is 5. The molecule has 7 nitrogen and oxygen atoms in total. The van der Waals surface area contributed by atoms with E-state index in [9.17, 15) is 17.6 Å². The van der Waals surface area contributed by atoms with Crippen LogP contribution in [0.4, 0.5) is 15.8 Å². The van der Waals surface area contributed by atoms with Crippen LogP contribution in [0.5, 0.6) is 11.5 Å². The predicted molar refractivity (Wildman–Crippen MR) is 121 cm³/mol. The highest BCUT2D eigenvalue weighted by Gasteiger charge is 2.26. The Morgan fingerprint density at radius 3 is 2.12 bits per heavy atom. The van der Waals surface area contributed by atoms with Gasteiger partial charge in [0.2, 0.25) is 10.0 Å². The monoisotopic (exact) mass is 458 g/mol. The number of anilines is 2. The molecule has 0 fully saturated rings. The molecule has 0 atom stereocenters. The van der Waals surface area contributed by atoms with Crippen LogP contribution in [0.25, 0.3) is 0 Å². The van der Waals surface area contributed by atoms with Crippen molar-refractivity contribution in [2.75, 3.05) is 30.1 Å². The van der Waals surface area contributed by atoms with Gasteiger partial charge in [-0.2, -0.15) is 0 Å². The largest absolute Gasteiger partial charge is 0.493 e. The zero-order chi connectivity index (χ0) is 23.3.